The van der Waals surface area contributed by atoms with Crippen LogP contribution in [-0.2, 0) is 16.1 Å². The van der Waals surface area contributed by atoms with E-state index >= 15 is 0 Å². The number of ether oxygens (including phenoxy) is 2. The van der Waals surface area contributed by atoms with Crippen molar-refractivity contribution in [2.75, 3.05) is 14.2 Å². The van der Waals surface area contributed by atoms with E-state index in [1.165, 1.54) is 0 Å². The highest BCUT2D eigenvalue weighted by molar-refractivity contribution is 5.78. The van der Waals surface area contributed by atoms with Gasteiger partial charge >= 0.3 is 0 Å². The summed E-state index contributed by atoms with van der Waals surface area (Å²) in [5.74, 6) is 1.27. The molecule has 7 heteroatoms. The van der Waals surface area contributed by atoms with E-state index in [9.17, 15) is 4.79 Å². The minimum absolute atomic E-state index is 0.00159. The minimum Gasteiger partial charge on any atom is -0.497 e. The molecule has 3 rings (SSSR count). The van der Waals surface area contributed by atoms with Crippen molar-refractivity contribution < 1.29 is 18.8 Å². The number of carbonyl (C=O) groups excluding carboxylic acids is 1. The molecule has 140 valence electrons. The highest BCUT2D eigenvalue weighted by Crippen LogP contribution is 2.26. The van der Waals surface area contributed by atoms with Crippen LogP contribution in [0.4, 0.5) is 0 Å². The van der Waals surface area contributed by atoms with E-state index in [0.29, 0.717) is 24.4 Å². The lowest BCUT2D eigenvalue weighted by molar-refractivity contribution is -0.128. The molecule has 3 atom stereocenters. The Morgan fingerprint density at radius 2 is 2.19 bits per heavy atom. The third kappa shape index (κ3) is 4.23. The van der Waals surface area contributed by atoms with Gasteiger partial charge in [0.25, 0.3) is 0 Å². The summed E-state index contributed by atoms with van der Waals surface area (Å²) in [5, 5.41) is 6.99. The summed E-state index contributed by atoms with van der Waals surface area (Å²) >= 11 is 0. The van der Waals surface area contributed by atoms with E-state index in [1.54, 1.807) is 14.2 Å². The van der Waals surface area contributed by atoms with E-state index in [-0.39, 0.29) is 24.0 Å². The zero-order chi connectivity index (χ0) is 18.5. The van der Waals surface area contributed by atoms with Gasteiger partial charge in [-0.2, -0.15) is 0 Å². The summed E-state index contributed by atoms with van der Waals surface area (Å²) < 4.78 is 15.9. The molecule has 0 aliphatic heterocycles. The first-order chi connectivity index (χ1) is 12.6. The molecule has 0 radical (unpaired) electrons. The number of benzene rings is 1. The monoisotopic (exact) mass is 359 g/mol. The molecule has 26 heavy (non-hydrogen) atoms. The van der Waals surface area contributed by atoms with Gasteiger partial charge in [-0.3, -0.25) is 4.79 Å². The zero-order valence-electron chi connectivity index (χ0n) is 15.1. The van der Waals surface area contributed by atoms with Crippen LogP contribution in [0.3, 0.4) is 0 Å². The second kappa shape index (κ2) is 8.33. The van der Waals surface area contributed by atoms with Gasteiger partial charge in [-0.25, -0.2) is 0 Å². The highest BCUT2D eigenvalue weighted by atomic mass is 16.5. The Morgan fingerprint density at radius 3 is 2.96 bits per heavy atom. The van der Waals surface area contributed by atoms with Gasteiger partial charge in [0.15, 0.2) is 5.76 Å². The van der Waals surface area contributed by atoms with Gasteiger partial charge in [0.05, 0.1) is 19.8 Å². The summed E-state index contributed by atoms with van der Waals surface area (Å²) in [7, 11) is 3.26. The Labute approximate surface area is 152 Å². The molecule has 1 saturated carbocycles. The van der Waals surface area contributed by atoms with E-state index in [4.69, 9.17) is 19.7 Å². The maximum absolute atomic E-state index is 12.4. The lowest BCUT2D eigenvalue weighted by atomic mass is 9.83. The highest BCUT2D eigenvalue weighted by Gasteiger charge is 2.32. The van der Waals surface area contributed by atoms with Gasteiger partial charge in [-0.15, -0.1) is 0 Å². The van der Waals surface area contributed by atoms with E-state index in [0.717, 1.165) is 24.2 Å². The van der Waals surface area contributed by atoms with Crippen LogP contribution in [0, 0.1) is 5.92 Å². The Balaban J connectivity index is 1.57. The molecular formula is C19H25N3O4. The quantitative estimate of drug-likeness (QED) is 0.819. The number of methoxy groups -OCH3 is 2. The van der Waals surface area contributed by atoms with E-state index < -0.39 is 0 Å². The predicted molar refractivity (Wildman–Crippen MR) is 96.5 cm³/mol. The predicted octanol–water partition coefficient (Wildman–Crippen LogP) is 2.11. The molecule has 0 unspecified atom stereocenters. The van der Waals surface area contributed by atoms with Crippen LogP contribution in [-0.4, -0.2) is 37.4 Å². The summed E-state index contributed by atoms with van der Waals surface area (Å²) in [6, 6.07) is 9.40. The number of nitrogens with two attached hydrogens (primary N) is 1. The van der Waals surface area contributed by atoms with Crippen LogP contribution in [0.25, 0.3) is 11.3 Å². The van der Waals surface area contributed by atoms with Crippen molar-refractivity contribution in [3.63, 3.8) is 0 Å². The molecule has 1 aliphatic carbocycles. The van der Waals surface area contributed by atoms with Crippen molar-refractivity contribution in [2.24, 2.45) is 11.7 Å². The molecule has 0 spiro atoms. The van der Waals surface area contributed by atoms with Crippen LogP contribution in [0.15, 0.2) is 34.9 Å². The standard InChI is InChI=1S/C19H25N3O4/c1-24-14-5-3-4-12(8-14)17-10-15(26-22-17)11-21-19(23)13-6-7-16(20)18(9-13)25-2/h3-5,8,10,13,16,18H,6-7,9,11,20H2,1-2H3,(H,21,23)/t13-,16+,18+/m0/s1. The first-order valence-electron chi connectivity index (χ1n) is 8.76. The third-order valence-electron chi connectivity index (χ3n) is 4.88. The van der Waals surface area contributed by atoms with Crippen molar-refractivity contribution in [3.05, 3.63) is 36.1 Å². The first kappa shape index (κ1) is 18.4. The van der Waals surface area contributed by atoms with Crippen LogP contribution in [0.5, 0.6) is 5.75 Å². The van der Waals surface area contributed by atoms with Crippen molar-refractivity contribution in [3.8, 4) is 17.0 Å². The summed E-state index contributed by atoms with van der Waals surface area (Å²) in [6.45, 7) is 0.302. The molecule has 3 N–H and O–H groups in total. The van der Waals surface area contributed by atoms with Crippen LogP contribution in [0.2, 0.25) is 0 Å². The smallest absolute Gasteiger partial charge is 0.223 e. The fourth-order valence-electron chi connectivity index (χ4n) is 3.30. The number of nitrogens with zero attached hydrogens (tertiary/aromatic N) is 1. The number of rotatable bonds is 6. The van der Waals surface area contributed by atoms with Crippen LogP contribution >= 0.6 is 0 Å². The molecule has 1 fully saturated rings. The maximum atomic E-state index is 12.4. The molecular weight excluding hydrogens is 334 g/mol. The number of aromatic nitrogens is 1. The molecule has 0 bridgehead atoms. The maximum Gasteiger partial charge on any atom is 0.223 e. The lowest BCUT2D eigenvalue weighted by Gasteiger charge is -2.32. The average Bonchev–Trinajstić information content (AvgIpc) is 3.15. The largest absolute Gasteiger partial charge is 0.497 e. The van der Waals surface area contributed by atoms with Crippen molar-refractivity contribution in [2.45, 2.75) is 38.0 Å². The second-order valence-electron chi connectivity index (χ2n) is 6.58. The molecule has 1 aromatic heterocycles. The van der Waals surface area contributed by atoms with Crippen LogP contribution in [0.1, 0.15) is 25.0 Å². The van der Waals surface area contributed by atoms with Crippen molar-refractivity contribution in [1.82, 2.24) is 10.5 Å². The number of carbonyl (C=O) groups is 1. The topological polar surface area (TPSA) is 99.6 Å². The normalized spacial score (nSPS) is 22.8. The molecule has 1 aromatic carbocycles. The fourth-order valence-corrected chi connectivity index (χ4v) is 3.30. The summed E-state index contributed by atoms with van der Waals surface area (Å²) in [5.41, 5.74) is 7.61. The zero-order valence-corrected chi connectivity index (χ0v) is 15.1. The van der Waals surface area contributed by atoms with Crippen molar-refractivity contribution in [1.29, 1.82) is 0 Å². The number of amides is 1. The second-order valence-corrected chi connectivity index (χ2v) is 6.58. The average molecular weight is 359 g/mol. The SMILES string of the molecule is COc1cccc(-c2cc(CNC(=O)[C@H]3CC[C@@H](N)[C@H](OC)C3)on2)c1. The molecule has 1 amide bonds. The van der Waals surface area contributed by atoms with Gasteiger partial charge < -0.3 is 25.0 Å². The Kier molecular flexibility index (Phi) is 5.90. The first-order valence-corrected chi connectivity index (χ1v) is 8.76. The molecule has 7 nitrogen and oxygen atoms in total. The Bertz CT molecular complexity index is 746. The summed E-state index contributed by atoms with van der Waals surface area (Å²) in [6.07, 6.45) is 2.15. The number of hydrogen-bond donors (Lipinski definition) is 2. The van der Waals surface area contributed by atoms with E-state index in [2.05, 4.69) is 10.5 Å². The van der Waals surface area contributed by atoms with Gasteiger partial charge in [-0.05, 0) is 31.4 Å². The molecule has 2 aromatic rings. The lowest BCUT2D eigenvalue weighted by Crippen LogP contribution is -2.45. The number of nitrogens with one attached hydrogen (secondary N) is 1. The van der Waals surface area contributed by atoms with Crippen molar-refractivity contribution >= 4 is 5.91 Å². The van der Waals surface area contributed by atoms with Gasteiger partial charge in [-0.1, -0.05) is 17.3 Å². The van der Waals surface area contributed by atoms with Gasteiger partial charge in [0.2, 0.25) is 5.91 Å². The van der Waals surface area contributed by atoms with Gasteiger partial charge in [0.1, 0.15) is 11.4 Å². The fraction of sp³-hybridized carbons (Fsp3) is 0.474. The third-order valence-corrected chi connectivity index (χ3v) is 4.88. The van der Waals surface area contributed by atoms with Crippen LogP contribution < -0.4 is 15.8 Å². The van der Waals surface area contributed by atoms with E-state index in [1.807, 2.05) is 30.3 Å². The molecule has 1 aliphatic rings. The number of hydrogen-bond acceptors (Lipinski definition) is 6. The Hall–Kier alpha value is -2.38. The van der Waals surface area contributed by atoms with Gasteiger partial charge in [0, 0.05) is 30.7 Å². The molecule has 1 heterocycles. The molecule has 0 saturated heterocycles. The minimum atomic E-state index is -0.0828. The Morgan fingerprint density at radius 1 is 1.35 bits per heavy atom. The summed E-state index contributed by atoms with van der Waals surface area (Å²) in [4.78, 5) is 12.4.